The number of rotatable bonds is 8. The zero-order chi connectivity index (χ0) is 15.2. The van der Waals surface area contributed by atoms with E-state index in [1.807, 2.05) is 25.4 Å². The summed E-state index contributed by atoms with van der Waals surface area (Å²) >= 11 is 0. The van der Waals surface area contributed by atoms with Gasteiger partial charge in [0.25, 0.3) is 0 Å². The van der Waals surface area contributed by atoms with Gasteiger partial charge < -0.3 is 10.1 Å². The molecule has 1 heterocycles. The molecule has 1 aromatic rings. The van der Waals surface area contributed by atoms with E-state index in [0.717, 1.165) is 31.0 Å². The molecule has 0 amide bonds. The number of nitrogens with one attached hydrogen (secondary N) is 1. The third-order valence-electron chi connectivity index (χ3n) is 4.41. The molecular formula is C16H29N3O. The predicted molar refractivity (Wildman–Crippen MR) is 84.2 cm³/mol. The lowest BCUT2D eigenvalue weighted by Crippen LogP contribution is -2.54. The fraction of sp³-hybridized carbons (Fsp3) is 0.688. The van der Waals surface area contributed by atoms with E-state index < -0.39 is 0 Å². The molecule has 0 bridgehead atoms. The molecule has 0 saturated carbocycles. The van der Waals surface area contributed by atoms with E-state index in [0.29, 0.717) is 0 Å². The van der Waals surface area contributed by atoms with Gasteiger partial charge in [0.2, 0.25) is 0 Å². The van der Waals surface area contributed by atoms with Gasteiger partial charge in [0.05, 0.1) is 13.2 Å². The number of aromatic nitrogens is 1. The number of methoxy groups -OCH3 is 1. The Hall–Kier alpha value is -1.13. The van der Waals surface area contributed by atoms with E-state index >= 15 is 0 Å². The van der Waals surface area contributed by atoms with Crippen LogP contribution in [0.3, 0.4) is 0 Å². The molecule has 0 aliphatic heterocycles. The van der Waals surface area contributed by atoms with Crippen molar-refractivity contribution in [3.05, 3.63) is 24.0 Å². The molecule has 0 radical (unpaired) electrons. The van der Waals surface area contributed by atoms with Crippen molar-refractivity contribution in [1.29, 1.82) is 0 Å². The van der Waals surface area contributed by atoms with E-state index in [-0.39, 0.29) is 11.6 Å². The highest BCUT2D eigenvalue weighted by Crippen LogP contribution is 2.36. The largest absolute Gasteiger partial charge is 0.495 e. The van der Waals surface area contributed by atoms with Crippen LogP contribution >= 0.6 is 0 Å². The van der Waals surface area contributed by atoms with Crippen LogP contribution in [0.4, 0.5) is 0 Å². The summed E-state index contributed by atoms with van der Waals surface area (Å²) < 4.78 is 5.49. The Bertz CT molecular complexity index is 406. The van der Waals surface area contributed by atoms with Crippen LogP contribution in [0, 0.1) is 0 Å². The Morgan fingerprint density at radius 1 is 1.35 bits per heavy atom. The number of likely N-dealkylation sites (N-methyl/N-ethyl adjacent to an activating group) is 2. The molecule has 1 rings (SSSR count). The maximum Gasteiger partial charge on any atom is 0.142 e. The van der Waals surface area contributed by atoms with Crippen LogP contribution in [0.2, 0.25) is 0 Å². The molecule has 0 aromatic carbocycles. The van der Waals surface area contributed by atoms with Crippen molar-refractivity contribution < 1.29 is 4.74 Å². The lowest BCUT2D eigenvalue weighted by Gasteiger charge is -2.45. The van der Waals surface area contributed by atoms with E-state index in [1.54, 1.807) is 7.11 Å². The van der Waals surface area contributed by atoms with Crippen LogP contribution < -0.4 is 10.1 Å². The van der Waals surface area contributed by atoms with Crippen molar-refractivity contribution in [2.75, 3.05) is 27.2 Å². The molecule has 0 aliphatic carbocycles. The first-order valence-corrected chi connectivity index (χ1v) is 7.50. The second kappa shape index (κ2) is 7.60. The standard InChI is InChI=1S/C16H29N3O/c1-7-16(4,19(8-2)9-3)15(17-5)14-13(20-6)11-10-12-18-14/h10-12,15,17H,7-9H2,1-6H3. The topological polar surface area (TPSA) is 37.4 Å². The Morgan fingerprint density at radius 2 is 2.00 bits per heavy atom. The quantitative estimate of drug-likeness (QED) is 0.794. The Balaban J connectivity index is 3.27. The molecular weight excluding hydrogens is 250 g/mol. The SMILES string of the molecule is CCN(CC)C(C)(CC)C(NC)c1ncccc1OC. The lowest BCUT2D eigenvalue weighted by molar-refractivity contribution is 0.0702. The zero-order valence-corrected chi connectivity index (χ0v) is 13.7. The third-order valence-corrected chi connectivity index (χ3v) is 4.41. The summed E-state index contributed by atoms with van der Waals surface area (Å²) in [4.78, 5) is 7.06. The van der Waals surface area contributed by atoms with Gasteiger partial charge in [0.1, 0.15) is 11.4 Å². The summed E-state index contributed by atoms with van der Waals surface area (Å²) in [7, 11) is 3.70. The minimum atomic E-state index is -0.000116. The van der Waals surface area contributed by atoms with Gasteiger partial charge in [-0.05, 0) is 45.6 Å². The van der Waals surface area contributed by atoms with E-state index in [2.05, 4.69) is 42.9 Å². The minimum Gasteiger partial charge on any atom is -0.495 e. The molecule has 1 aromatic heterocycles. The highest BCUT2D eigenvalue weighted by Gasteiger charge is 2.39. The molecule has 114 valence electrons. The summed E-state index contributed by atoms with van der Waals surface area (Å²) in [6.07, 6.45) is 2.88. The minimum absolute atomic E-state index is 0.000116. The molecule has 0 spiro atoms. The van der Waals surface area contributed by atoms with Gasteiger partial charge in [-0.15, -0.1) is 0 Å². The number of nitrogens with zero attached hydrogens (tertiary/aromatic N) is 2. The fourth-order valence-corrected chi connectivity index (χ4v) is 3.09. The zero-order valence-electron chi connectivity index (χ0n) is 13.7. The van der Waals surface area contributed by atoms with Crippen LogP contribution in [-0.4, -0.2) is 42.7 Å². The summed E-state index contributed by atoms with van der Waals surface area (Å²) in [6.45, 7) is 11.0. The van der Waals surface area contributed by atoms with Gasteiger partial charge in [-0.1, -0.05) is 20.8 Å². The van der Waals surface area contributed by atoms with Crippen LogP contribution in [0.25, 0.3) is 0 Å². The van der Waals surface area contributed by atoms with Crippen molar-refractivity contribution in [3.8, 4) is 5.75 Å². The molecule has 20 heavy (non-hydrogen) atoms. The van der Waals surface area contributed by atoms with Crippen molar-refractivity contribution in [2.24, 2.45) is 0 Å². The van der Waals surface area contributed by atoms with Crippen LogP contribution in [0.5, 0.6) is 5.75 Å². The second-order valence-electron chi connectivity index (χ2n) is 5.20. The average Bonchev–Trinajstić information content (AvgIpc) is 2.49. The van der Waals surface area contributed by atoms with Crippen LogP contribution in [-0.2, 0) is 0 Å². The van der Waals surface area contributed by atoms with Gasteiger partial charge in [-0.2, -0.15) is 0 Å². The Kier molecular flexibility index (Phi) is 6.43. The number of hydrogen-bond donors (Lipinski definition) is 1. The van der Waals surface area contributed by atoms with Gasteiger partial charge in [-0.3, -0.25) is 9.88 Å². The summed E-state index contributed by atoms with van der Waals surface area (Å²) in [5.74, 6) is 0.846. The molecule has 4 heteroatoms. The van der Waals surface area contributed by atoms with E-state index in [9.17, 15) is 0 Å². The third kappa shape index (κ3) is 3.13. The summed E-state index contributed by atoms with van der Waals surface area (Å²) in [6, 6.07) is 4.02. The maximum atomic E-state index is 5.49. The van der Waals surface area contributed by atoms with E-state index in [4.69, 9.17) is 4.74 Å². The first-order valence-electron chi connectivity index (χ1n) is 7.50. The maximum absolute atomic E-state index is 5.49. The fourth-order valence-electron chi connectivity index (χ4n) is 3.09. The highest BCUT2D eigenvalue weighted by atomic mass is 16.5. The van der Waals surface area contributed by atoms with Gasteiger partial charge >= 0.3 is 0 Å². The smallest absolute Gasteiger partial charge is 0.142 e. The van der Waals surface area contributed by atoms with Gasteiger partial charge in [0, 0.05) is 11.7 Å². The molecule has 2 atom stereocenters. The predicted octanol–water partition coefficient (Wildman–Crippen LogP) is 2.86. The molecule has 1 N–H and O–H groups in total. The van der Waals surface area contributed by atoms with Crippen LogP contribution in [0.1, 0.15) is 45.9 Å². The summed E-state index contributed by atoms with van der Waals surface area (Å²) in [5, 5.41) is 3.45. The number of hydrogen-bond acceptors (Lipinski definition) is 4. The average molecular weight is 279 g/mol. The van der Waals surface area contributed by atoms with Gasteiger partial charge in [-0.25, -0.2) is 0 Å². The molecule has 0 saturated heterocycles. The molecule has 0 aliphatic rings. The first-order chi connectivity index (χ1) is 9.58. The first kappa shape index (κ1) is 16.9. The van der Waals surface area contributed by atoms with E-state index in [1.165, 1.54) is 0 Å². The van der Waals surface area contributed by atoms with Crippen molar-refractivity contribution in [1.82, 2.24) is 15.2 Å². The highest BCUT2D eigenvalue weighted by molar-refractivity contribution is 5.32. The van der Waals surface area contributed by atoms with Crippen molar-refractivity contribution in [2.45, 2.75) is 45.7 Å². The number of pyridine rings is 1. The van der Waals surface area contributed by atoms with Crippen molar-refractivity contribution >= 4 is 0 Å². The Labute approximate surface area is 123 Å². The van der Waals surface area contributed by atoms with Crippen molar-refractivity contribution in [3.63, 3.8) is 0 Å². The number of ether oxygens (including phenoxy) is 1. The monoisotopic (exact) mass is 279 g/mol. The molecule has 4 nitrogen and oxygen atoms in total. The summed E-state index contributed by atoms with van der Waals surface area (Å²) in [5.41, 5.74) is 0.980. The lowest BCUT2D eigenvalue weighted by atomic mass is 9.84. The van der Waals surface area contributed by atoms with Crippen LogP contribution in [0.15, 0.2) is 18.3 Å². The normalized spacial score (nSPS) is 15.9. The molecule has 0 fully saturated rings. The second-order valence-corrected chi connectivity index (χ2v) is 5.20. The molecule has 2 unspecified atom stereocenters. The Morgan fingerprint density at radius 3 is 2.45 bits per heavy atom. The van der Waals surface area contributed by atoms with Gasteiger partial charge in [0.15, 0.2) is 0 Å².